The fourth-order valence-electron chi connectivity index (χ4n) is 3.04. The van der Waals surface area contributed by atoms with E-state index in [1.807, 2.05) is 39.0 Å². The Labute approximate surface area is 133 Å². The summed E-state index contributed by atoms with van der Waals surface area (Å²) in [5.41, 5.74) is 0.772. The number of ether oxygens (including phenoxy) is 1. The van der Waals surface area contributed by atoms with Crippen molar-refractivity contribution in [3.05, 3.63) is 35.9 Å². The Morgan fingerprint density at radius 3 is 2.55 bits per heavy atom. The van der Waals surface area contributed by atoms with Crippen molar-refractivity contribution in [3.8, 4) is 0 Å². The van der Waals surface area contributed by atoms with E-state index < -0.39 is 5.60 Å². The molecule has 0 spiro atoms. The van der Waals surface area contributed by atoms with Gasteiger partial charge in [-0.1, -0.05) is 37.3 Å². The van der Waals surface area contributed by atoms with Gasteiger partial charge >= 0.3 is 6.09 Å². The van der Waals surface area contributed by atoms with Crippen LogP contribution in [0, 0.1) is 5.92 Å². The van der Waals surface area contributed by atoms with Crippen LogP contribution >= 0.6 is 0 Å². The van der Waals surface area contributed by atoms with Crippen LogP contribution in [0.3, 0.4) is 0 Å². The quantitative estimate of drug-likeness (QED) is 0.897. The SMILES string of the molecule is CC(c1ccccc1)C(NC(=O)OC(C)(C)C)C1CCNC1. The van der Waals surface area contributed by atoms with Gasteiger partial charge in [-0.15, -0.1) is 0 Å². The number of hydrogen-bond acceptors (Lipinski definition) is 3. The van der Waals surface area contributed by atoms with E-state index in [1.165, 1.54) is 5.56 Å². The number of benzene rings is 1. The van der Waals surface area contributed by atoms with E-state index in [-0.39, 0.29) is 18.1 Å². The highest BCUT2D eigenvalue weighted by Crippen LogP contribution is 2.27. The maximum Gasteiger partial charge on any atom is 0.407 e. The summed E-state index contributed by atoms with van der Waals surface area (Å²) in [6.45, 7) is 9.80. The third-order valence-corrected chi connectivity index (χ3v) is 4.15. The molecule has 0 bridgehead atoms. The van der Waals surface area contributed by atoms with Gasteiger partial charge in [0.25, 0.3) is 0 Å². The maximum absolute atomic E-state index is 12.2. The topological polar surface area (TPSA) is 50.4 Å². The van der Waals surface area contributed by atoms with Crippen LogP contribution in [0.2, 0.25) is 0 Å². The fraction of sp³-hybridized carbons (Fsp3) is 0.611. The number of carbonyl (C=O) groups excluding carboxylic acids is 1. The first-order chi connectivity index (χ1) is 10.4. The molecule has 2 N–H and O–H groups in total. The van der Waals surface area contributed by atoms with Crippen molar-refractivity contribution < 1.29 is 9.53 Å². The van der Waals surface area contributed by atoms with Gasteiger partial charge in [-0.3, -0.25) is 0 Å². The summed E-state index contributed by atoms with van der Waals surface area (Å²) in [4.78, 5) is 12.2. The lowest BCUT2D eigenvalue weighted by Gasteiger charge is -2.31. The number of nitrogens with one attached hydrogen (secondary N) is 2. The highest BCUT2D eigenvalue weighted by Gasteiger charge is 2.32. The molecule has 1 heterocycles. The Morgan fingerprint density at radius 1 is 1.32 bits per heavy atom. The zero-order valence-corrected chi connectivity index (χ0v) is 14.1. The predicted octanol–water partition coefficient (Wildman–Crippen LogP) is 3.29. The lowest BCUT2D eigenvalue weighted by molar-refractivity contribution is 0.0479. The summed E-state index contributed by atoms with van der Waals surface area (Å²) in [5, 5.41) is 6.50. The molecule has 1 aromatic carbocycles. The number of rotatable bonds is 4. The van der Waals surface area contributed by atoms with Gasteiger partial charge in [0, 0.05) is 12.0 Å². The molecule has 0 aliphatic carbocycles. The predicted molar refractivity (Wildman–Crippen MR) is 89.0 cm³/mol. The van der Waals surface area contributed by atoms with E-state index >= 15 is 0 Å². The zero-order valence-electron chi connectivity index (χ0n) is 14.1. The molecule has 1 aromatic rings. The van der Waals surface area contributed by atoms with Gasteiger partial charge in [-0.2, -0.15) is 0 Å². The van der Waals surface area contributed by atoms with E-state index in [0.29, 0.717) is 5.92 Å². The maximum atomic E-state index is 12.2. The molecule has 1 aliphatic heterocycles. The van der Waals surface area contributed by atoms with Crippen molar-refractivity contribution in [2.75, 3.05) is 13.1 Å². The molecule has 1 fully saturated rings. The molecule has 122 valence electrons. The monoisotopic (exact) mass is 304 g/mol. The van der Waals surface area contributed by atoms with Gasteiger partial charge < -0.3 is 15.4 Å². The molecule has 22 heavy (non-hydrogen) atoms. The molecule has 1 aliphatic rings. The van der Waals surface area contributed by atoms with Gasteiger partial charge in [0.05, 0.1) is 0 Å². The van der Waals surface area contributed by atoms with Crippen LogP contribution in [0.1, 0.15) is 45.6 Å². The highest BCUT2D eigenvalue weighted by atomic mass is 16.6. The van der Waals surface area contributed by atoms with Gasteiger partial charge in [0.2, 0.25) is 0 Å². The smallest absolute Gasteiger partial charge is 0.407 e. The second kappa shape index (κ2) is 7.14. The minimum atomic E-state index is -0.474. The third-order valence-electron chi connectivity index (χ3n) is 4.15. The number of hydrogen-bond donors (Lipinski definition) is 2. The first-order valence-electron chi connectivity index (χ1n) is 8.12. The van der Waals surface area contributed by atoms with E-state index in [1.54, 1.807) is 0 Å². The first kappa shape index (κ1) is 16.8. The van der Waals surface area contributed by atoms with Crippen molar-refractivity contribution in [2.24, 2.45) is 5.92 Å². The standard InChI is InChI=1S/C18H28N2O2/c1-13(14-8-6-5-7-9-14)16(15-10-11-19-12-15)20-17(21)22-18(2,3)4/h5-9,13,15-16,19H,10-12H2,1-4H3,(H,20,21). The van der Waals surface area contributed by atoms with Gasteiger partial charge in [-0.05, 0) is 51.8 Å². The summed E-state index contributed by atoms with van der Waals surface area (Å²) in [5.74, 6) is 0.682. The van der Waals surface area contributed by atoms with Crippen molar-refractivity contribution >= 4 is 6.09 Å². The molecule has 2 rings (SSSR count). The Hall–Kier alpha value is -1.55. The lowest BCUT2D eigenvalue weighted by Crippen LogP contribution is -2.46. The van der Waals surface area contributed by atoms with Crippen LogP contribution in [-0.2, 0) is 4.74 Å². The van der Waals surface area contributed by atoms with Gasteiger partial charge in [0.15, 0.2) is 0 Å². The largest absolute Gasteiger partial charge is 0.444 e. The fourth-order valence-corrected chi connectivity index (χ4v) is 3.04. The lowest BCUT2D eigenvalue weighted by atomic mass is 9.84. The van der Waals surface area contributed by atoms with Crippen LogP contribution in [0.4, 0.5) is 4.79 Å². The second-order valence-corrected chi connectivity index (χ2v) is 7.12. The van der Waals surface area contributed by atoms with Crippen molar-refractivity contribution in [2.45, 2.75) is 51.7 Å². The zero-order chi connectivity index (χ0) is 16.2. The van der Waals surface area contributed by atoms with E-state index in [0.717, 1.165) is 19.5 Å². The molecule has 0 aromatic heterocycles. The van der Waals surface area contributed by atoms with E-state index in [2.05, 4.69) is 29.7 Å². The minimum Gasteiger partial charge on any atom is -0.444 e. The summed E-state index contributed by atoms with van der Waals surface area (Å²) in [6, 6.07) is 10.4. The summed E-state index contributed by atoms with van der Waals surface area (Å²) in [6.07, 6.45) is 0.754. The Bertz CT molecular complexity index is 476. The first-order valence-corrected chi connectivity index (χ1v) is 8.12. The van der Waals surface area contributed by atoms with Crippen LogP contribution < -0.4 is 10.6 Å². The average Bonchev–Trinajstić information content (AvgIpc) is 2.97. The molecule has 3 unspecified atom stereocenters. The molecule has 0 saturated carbocycles. The van der Waals surface area contributed by atoms with E-state index in [4.69, 9.17) is 4.74 Å². The Balaban J connectivity index is 2.11. The molecule has 1 saturated heterocycles. The highest BCUT2D eigenvalue weighted by molar-refractivity contribution is 5.68. The molecule has 3 atom stereocenters. The molecule has 0 radical (unpaired) electrons. The second-order valence-electron chi connectivity index (χ2n) is 7.12. The number of alkyl carbamates (subject to hydrolysis) is 1. The third kappa shape index (κ3) is 4.73. The van der Waals surface area contributed by atoms with Crippen LogP contribution in [-0.4, -0.2) is 30.8 Å². The van der Waals surface area contributed by atoms with Crippen LogP contribution in [0.5, 0.6) is 0 Å². The number of carbonyl (C=O) groups is 1. The van der Waals surface area contributed by atoms with Crippen molar-refractivity contribution in [1.29, 1.82) is 0 Å². The Morgan fingerprint density at radius 2 is 2.00 bits per heavy atom. The molecule has 4 heteroatoms. The van der Waals surface area contributed by atoms with Crippen molar-refractivity contribution in [1.82, 2.24) is 10.6 Å². The van der Waals surface area contributed by atoms with Gasteiger partial charge in [-0.25, -0.2) is 4.79 Å². The molecular formula is C18H28N2O2. The Kier molecular flexibility index (Phi) is 5.46. The average molecular weight is 304 g/mol. The molecule has 4 nitrogen and oxygen atoms in total. The van der Waals surface area contributed by atoms with Crippen LogP contribution in [0.15, 0.2) is 30.3 Å². The van der Waals surface area contributed by atoms with Crippen molar-refractivity contribution in [3.63, 3.8) is 0 Å². The number of amides is 1. The van der Waals surface area contributed by atoms with Crippen LogP contribution in [0.25, 0.3) is 0 Å². The van der Waals surface area contributed by atoms with E-state index in [9.17, 15) is 4.79 Å². The summed E-state index contributed by atoms with van der Waals surface area (Å²) >= 11 is 0. The summed E-state index contributed by atoms with van der Waals surface area (Å²) < 4.78 is 5.44. The van der Waals surface area contributed by atoms with Gasteiger partial charge in [0.1, 0.15) is 5.60 Å². The minimum absolute atomic E-state index is 0.0762. The molecular weight excluding hydrogens is 276 g/mol. The normalized spacial score (nSPS) is 21.2. The molecule has 1 amide bonds. The summed E-state index contributed by atoms with van der Waals surface area (Å²) in [7, 11) is 0.